The van der Waals surface area contributed by atoms with E-state index in [1.165, 1.54) is 128 Å². The van der Waals surface area contributed by atoms with Crippen LogP contribution >= 0.6 is 7.82 Å². The highest BCUT2D eigenvalue weighted by molar-refractivity contribution is 7.47. The van der Waals surface area contributed by atoms with Gasteiger partial charge in [0.2, 0.25) is 0 Å². The van der Waals surface area contributed by atoms with Crippen molar-refractivity contribution < 1.29 is 42.7 Å². The Hall–Kier alpha value is -1.55. The number of carbonyl (C=O) groups is 2. The van der Waals surface area contributed by atoms with Crippen LogP contribution in [0.4, 0.5) is 0 Å². The van der Waals surface area contributed by atoms with Gasteiger partial charge < -0.3 is 25.2 Å². The molecule has 0 aliphatic heterocycles. The summed E-state index contributed by atoms with van der Waals surface area (Å²) in [6.45, 7) is 3.86. The van der Waals surface area contributed by atoms with Crippen LogP contribution in [0.1, 0.15) is 200 Å². The van der Waals surface area contributed by atoms with Crippen molar-refractivity contribution in [2.45, 2.75) is 212 Å². The van der Waals surface area contributed by atoms with Crippen molar-refractivity contribution in [2.24, 2.45) is 5.73 Å². The number of unbranched alkanes of at least 4 members (excludes halogenated alkanes) is 24. The molecule has 318 valence electrons. The van der Waals surface area contributed by atoms with Crippen molar-refractivity contribution in [1.82, 2.24) is 0 Å². The van der Waals surface area contributed by atoms with Crippen LogP contribution in [0.2, 0.25) is 0 Å². The molecule has 0 amide bonds. The lowest BCUT2D eigenvalue weighted by molar-refractivity contribution is -0.154. The van der Waals surface area contributed by atoms with Gasteiger partial charge >= 0.3 is 19.8 Å². The average Bonchev–Trinajstić information content (AvgIpc) is 3.15. The lowest BCUT2D eigenvalue weighted by Gasteiger charge is -2.20. The van der Waals surface area contributed by atoms with E-state index >= 15 is 0 Å². The second-order valence-electron chi connectivity index (χ2n) is 14.8. The van der Waals surface area contributed by atoms with Crippen LogP contribution in [0, 0.1) is 0 Å². The van der Waals surface area contributed by atoms with Crippen molar-refractivity contribution in [1.29, 1.82) is 0 Å². The van der Waals surface area contributed by atoms with Gasteiger partial charge in [0.05, 0.1) is 19.8 Å². The van der Waals surface area contributed by atoms with E-state index in [2.05, 4.69) is 38.2 Å². The number of ether oxygens (including phenoxy) is 2. The Balaban J connectivity index is 4.22. The zero-order valence-electron chi connectivity index (χ0n) is 34.6. The van der Waals surface area contributed by atoms with Gasteiger partial charge in [-0.3, -0.25) is 18.6 Å². The Morgan fingerprint density at radius 3 is 1.54 bits per heavy atom. The van der Waals surface area contributed by atoms with E-state index in [4.69, 9.17) is 29.4 Å². The topological polar surface area (TPSA) is 155 Å². The molecule has 3 atom stereocenters. The zero-order valence-corrected chi connectivity index (χ0v) is 35.5. The third-order valence-electron chi connectivity index (χ3n) is 9.48. The number of esters is 1. The first-order chi connectivity index (χ1) is 26.2. The van der Waals surface area contributed by atoms with Gasteiger partial charge in [-0.05, 0) is 44.9 Å². The van der Waals surface area contributed by atoms with E-state index in [1.807, 2.05) is 0 Å². The van der Waals surface area contributed by atoms with E-state index in [-0.39, 0.29) is 13.0 Å². The summed E-state index contributed by atoms with van der Waals surface area (Å²) in [6, 6.07) is -1.47. The number of phosphoric ester groups is 1. The number of carbonyl (C=O) groups excluding carboxylic acids is 1. The van der Waals surface area contributed by atoms with Crippen LogP contribution in [0.5, 0.6) is 0 Å². The minimum Gasteiger partial charge on any atom is -0.480 e. The second-order valence-corrected chi connectivity index (χ2v) is 16.3. The Morgan fingerprint density at radius 2 is 1.02 bits per heavy atom. The quantitative estimate of drug-likeness (QED) is 0.0236. The smallest absolute Gasteiger partial charge is 0.472 e. The van der Waals surface area contributed by atoms with Crippen molar-refractivity contribution in [2.75, 3.05) is 26.4 Å². The Morgan fingerprint density at radius 1 is 0.593 bits per heavy atom. The zero-order chi connectivity index (χ0) is 39.8. The first kappa shape index (κ1) is 52.5. The number of allylic oxidation sites excluding steroid dienone is 4. The molecule has 0 aromatic rings. The first-order valence-electron chi connectivity index (χ1n) is 21.9. The number of phosphoric acid groups is 1. The van der Waals surface area contributed by atoms with Gasteiger partial charge in [-0.25, -0.2) is 4.57 Å². The molecule has 0 aliphatic rings. The van der Waals surface area contributed by atoms with Crippen LogP contribution in [0.15, 0.2) is 24.3 Å². The second kappa shape index (κ2) is 39.7. The highest BCUT2D eigenvalue weighted by atomic mass is 31.2. The molecule has 3 unspecified atom stereocenters. The van der Waals surface area contributed by atoms with Crippen LogP contribution in [-0.4, -0.2) is 60.5 Å². The fourth-order valence-electron chi connectivity index (χ4n) is 6.05. The van der Waals surface area contributed by atoms with Crippen LogP contribution in [-0.2, 0) is 32.7 Å². The Kier molecular flexibility index (Phi) is 38.5. The van der Waals surface area contributed by atoms with Crippen molar-refractivity contribution >= 4 is 19.8 Å². The first-order valence-corrected chi connectivity index (χ1v) is 23.4. The number of nitrogens with two attached hydrogens (primary N) is 1. The summed E-state index contributed by atoms with van der Waals surface area (Å²) in [5, 5.41) is 8.89. The molecule has 0 heterocycles. The number of carboxylic acids is 1. The van der Waals surface area contributed by atoms with E-state index in [1.54, 1.807) is 0 Å². The highest BCUT2D eigenvalue weighted by Gasteiger charge is 2.27. The van der Waals surface area contributed by atoms with Crippen LogP contribution in [0.25, 0.3) is 0 Å². The number of carboxylic acid groups (broad SMARTS) is 1. The minimum absolute atomic E-state index is 0.0167. The molecule has 54 heavy (non-hydrogen) atoms. The van der Waals surface area contributed by atoms with Gasteiger partial charge in [0.25, 0.3) is 0 Å². The summed E-state index contributed by atoms with van der Waals surface area (Å²) in [5.41, 5.74) is 5.35. The molecular formula is C43H82NO9P. The third-order valence-corrected chi connectivity index (χ3v) is 10.4. The summed E-state index contributed by atoms with van der Waals surface area (Å²) in [7, 11) is -4.61. The van der Waals surface area contributed by atoms with E-state index in [9.17, 15) is 19.0 Å². The molecule has 0 aliphatic carbocycles. The van der Waals surface area contributed by atoms with Gasteiger partial charge in [0, 0.05) is 13.0 Å². The molecule has 10 nitrogen and oxygen atoms in total. The Bertz CT molecular complexity index is 961. The standard InChI is InChI=1S/C43H82NO9P/c1-3-5-7-9-11-13-15-17-19-20-21-22-24-26-28-30-32-34-36-50-37-40(38-51-54(48,49)52-39-41(44)43(46)47)53-42(45)35-33-31-29-27-25-23-18-16-14-12-10-8-6-4-2/h11,13,17,19,40-41H,3-10,12,14-16,18,20-39,44H2,1-2H3,(H,46,47)(H,48,49)/b13-11-,19-17-. The lowest BCUT2D eigenvalue weighted by Crippen LogP contribution is -2.34. The molecule has 0 rings (SSSR count). The molecule has 0 aromatic heterocycles. The largest absolute Gasteiger partial charge is 0.480 e. The molecule has 0 aromatic carbocycles. The number of hydrogen-bond acceptors (Lipinski definition) is 8. The lowest BCUT2D eigenvalue weighted by atomic mass is 10.0. The van der Waals surface area contributed by atoms with Crippen molar-refractivity contribution in [3.63, 3.8) is 0 Å². The Labute approximate surface area is 330 Å². The minimum atomic E-state index is -4.61. The maximum absolute atomic E-state index is 12.6. The van der Waals surface area contributed by atoms with Crippen LogP contribution < -0.4 is 5.73 Å². The summed E-state index contributed by atoms with van der Waals surface area (Å²) >= 11 is 0. The SMILES string of the molecule is CCCCC/C=C\C/C=C\CCCCCCCCCCOCC(COP(=O)(O)OCC(N)C(=O)O)OC(=O)CCCCCCCCCCCCCCCC. The molecule has 11 heteroatoms. The molecule has 0 bridgehead atoms. The summed E-state index contributed by atoms with van der Waals surface area (Å²) < 4.78 is 33.3. The van der Waals surface area contributed by atoms with E-state index < -0.39 is 45.1 Å². The maximum atomic E-state index is 12.6. The summed E-state index contributed by atoms with van der Waals surface area (Å²) in [4.78, 5) is 33.5. The molecule has 0 saturated carbocycles. The maximum Gasteiger partial charge on any atom is 0.472 e. The predicted molar refractivity (Wildman–Crippen MR) is 222 cm³/mol. The number of hydrogen-bond donors (Lipinski definition) is 3. The average molecular weight is 788 g/mol. The normalized spacial score (nSPS) is 14.1. The van der Waals surface area contributed by atoms with Gasteiger partial charge in [-0.2, -0.15) is 0 Å². The van der Waals surface area contributed by atoms with Gasteiger partial charge in [-0.1, -0.05) is 173 Å². The molecular weight excluding hydrogens is 705 g/mol. The van der Waals surface area contributed by atoms with Crippen molar-refractivity contribution in [3.05, 3.63) is 24.3 Å². The fourth-order valence-corrected chi connectivity index (χ4v) is 6.82. The molecule has 4 N–H and O–H groups in total. The third kappa shape index (κ3) is 38.7. The fraction of sp³-hybridized carbons (Fsp3) is 0.860. The van der Waals surface area contributed by atoms with Crippen LogP contribution in [0.3, 0.4) is 0 Å². The van der Waals surface area contributed by atoms with Gasteiger partial charge in [0.1, 0.15) is 12.1 Å². The number of rotatable bonds is 42. The molecule has 0 spiro atoms. The van der Waals surface area contributed by atoms with Crippen molar-refractivity contribution in [3.8, 4) is 0 Å². The number of aliphatic carboxylic acids is 1. The van der Waals surface area contributed by atoms with E-state index in [0.717, 1.165) is 44.9 Å². The van der Waals surface area contributed by atoms with E-state index in [0.29, 0.717) is 13.0 Å². The van der Waals surface area contributed by atoms with Gasteiger partial charge in [0.15, 0.2) is 0 Å². The molecule has 0 fully saturated rings. The molecule has 0 radical (unpaired) electrons. The summed E-state index contributed by atoms with van der Waals surface area (Å²) in [5.74, 6) is -1.77. The summed E-state index contributed by atoms with van der Waals surface area (Å²) in [6.07, 6.45) is 42.2. The predicted octanol–water partition coefficient (Wildman–Crippen LogP) is 11.9. The molecule has 0 saturated heterocycles. The monoisotopic (exact) mass is 788 g/mol. The van der Waals surface area contributed by atoms with Gasteiger partial charge in [-0.15, -0.1) is 0 Å². The highest BCUT2D eigenvalue weighted by Crippen LogP contribution is 2.43.